The first-order chi connectivity index (χ1) is 15.8. The molecule has 2 fully saturated rings. The first kappa shape index (κ1) is 23.4. The molecule has 7 nitrogen and oxygen atoms in total. The van der Waals surface area contributed by atoms with Gasteiger partial charge in [0.05, 0.1) is 17.8 Å². The van der Waals surface area contributed by atoms with Crippen molar-refractivity contribution >= 4 is 11.7 Å². The summed E-state index contributed by atoms with van der Waals surface area (Å²) in [5, 5.41) is 3.21. The third-order valence-corrected chi connectivity index (χ3v) is 6.18. The van der Waals surface area contributed by atoms with Gasteiger partial charge in [-0.3, -0.25) is 4.79 Å². The lowest BCUT2D eigenvalue weighted by Gasteiger charge is -2.31. The Hall–Kier alpha value is -2.72. The zero-order chi connectivity index (χ0) is 23.4. The first-order valence-corrected chi connectivity index (χ1v) is 11.2. The molecule has 0 aliphatic carbocycles. The van der Waals surface area contributed by atoms with Crippen LogP contribution in [-0.2, 0) is 10.9 Å². The maximum atomic E-state index is 12.8. The van der Waals surface area contributed by atoms with Gasteiger partial charge in [-0.25, -0.2) is 9.97 Å². The number of hydrogen-bond acceptors (Lipinski definition) is 6. The lowest BCUT2D eigenvalue weighted by molar-refractivity contribution is -0.137. The van der Waals surface area contributed by atoms with E-state index in [2.05, 4.69) is 15.3 Å². The van der Waals surface area contributed by atoms with Crippen LogP contribution in [-0.4, -0.2) is 52.6 Å². The summed E-state index contributed by atoms with van der Waals surface area (Å²) in [6, 6.07) is 6.93. The Labute approximate surface area is 190 Å². The standard InChI is InChI=1S/C23H28F3N5O2/c24-23(25,26)16-6-4-15(5-7-16)20-3-1-2-18(33-20)13-28-21-12-19(29-14-30-21)22(32)31-10-8-17(27)9-11-31/h4-7,12,14,17-18,20H,1-3,8-11,13,27H2,(H,28,29,30)/t18-,20+/m1/s1. The molecule has 2 atom stereocenters. The quantitative estimate of drug-likeness (QED) is 0.701. The van der Waals surface area contributed by atoms with E-state index in [1.165, 1.54) is 18.5 Å². The highest BCUT2D eigenvalue weighted by atomic mass is 19.4. The molecule has 0 unspecified atom stereocenters. The molecule has 2 aromatic rings. The number of benzene rings is 1. The molecule has 178 valence electrons. The Morgan fingerprint density at radius 3 is 2.55 bits per heavy atom. The van der Waals surface area contributed by atoms with Crippen LogP contribution in [0.25, 0.3) is 0 Å². The lowest BCUT2D eigenvalue weighted by Crippen LogP contribution is -2.43. The number of alkyl halides is 3. The van der Waals surface area contributed by atoms with Crippen LogP contribution < -0.4 is 11.1 Å². The van der Waals surface area contributed by atoms with Gasteiger partial charge in [0.15, 0.2) is 0 Å². The number of amides is 1. The van der Waals surface area contributed by atoms with Gasteiger partial charge in [0, 0.05) is 31.7 Å². The van der Waals surface area contributed by atoms with Gasteiger partial charge in [-0.05, 0) is 49.8 Å². The van der Waals surface area contributed by atoms with Crippen LogP contribution in [0.3, 0.4) is 0 Å². The van der Waals surface area contributed by atoms with Crippen molar-refractivity contribution in [3.05, 3.63) is 53.5 Å². The predicted octanol–water partition coefficient (Wildman–Crippen LogP) is 3.78. The fourth-order valence-electron chi connectivity index (χ4n) is 4.24. The van der Waals surface area contributed by atoms with Gasteiger partial charge in [0.1, 0.15) is 17.8 Å². The summed E-state index contributed by atoms with van der Waals surface area (Å²) in [5.41, 5.74) is 6.31. The molecule has 4 rings (SSSR count). The van der Waals surface area contributed by atoms with Gasteiger partial charge in [0.25, 0.3) is 5.91 Å². The third kappa shape index (κ3) is 6.00. The minimum Gasteiger partial charge on any atom is -0.368 e. The van der Waals surface area contributed by atoms with E-state index >= 15 is 0 Å². The van der Waals surface area contributed by atoms with Gasteiger partial charge >= 0.3 is 6.18 Å². The van der Waals surface area contributed by atoms with E-state index in [0.29, 0.717) is 31.1 Å². The number of carbonyl (C=O) groups excluding carboxylic acids is 1. The molecular formula is C23H28F3N5O2. The van der Waals surface area contributed by atoms with Crippen molar-refractivity contribution in [1.29, 1.82) is 0 Å². The lowest BCUT2D eigenvalue weighted by atomic mass is 9.97. The monoisotopic (exact) mass is 463 g/mol. The zero-order valence-electron chi connectivity index (χ0n) is 18.2. The third-order valence-electron chi connectivity index (χ3n) is 6.18. The number of anilines is 1. The Kier molecular flexibility index (Phi) is 7.14. The molecule has 0 bridgehead atoms. The van der Waals surface area contributed by atoms with E-state index in [4.69, 9.17) is 10.5 Å². The number of ether oxygens (including phenoxy) is 1. The SMILES string of the molecule is NC1CCN(C(=O)c2cc(NC[C@H]3CCC[C@@H](c4ccc(C(F)(F)F)cc4)O3)ncn2)CC1. The van der Waals surface area contributed by atoms with Crippen molar-refractivity contribution in [2.75, 3.05) is 25.0 Å². The average molecular weight is 464 g/mol. The minimum absolute atomic E-state index is 0.122. The zero-order valence-corrected chi connectivity index (χ0v) is 18.2. The molecule has 2 aliphatic rings. The maximum Gasteiger partial charge on any atom is 0.416 e. The summed E-state index contributed by atoms with van der Waals surface area (Å²) in [6.07, 6.45) is 0.687. The van der Waals surface area contributed by atoms with Crippen LogP contribution in [0.5, 0.6) is 0 Å². The van der Waals surface area contributed by atoms with Crippen molar-refractivity contribution in [3.63, 3.8) is 0 Å². The van der Waals surface area contributed by atoms with E-state index in [9.17, 15) is 18.0 Å². The molecule has 33 heavy (non-hydrogen) atoms. The molecule has 1 aromatic carbocycles. The number of nitrogens with zero attached hydrogens (tertiary/aromatic N) is 3. The summed E-state index contributed by atoms with van der Waals surface area (Å²) >= 11 is 0. The largest absolute Gasteiger partial charge is 0.416 e. The van der Waals surface area contributed by atoms with E-state index < -0.39 is 11.7 Å². The van der Waals surface area contributed by atoms with Crippen molar-refractivity contribution in [3.8, 4) is 0 Å². The van der Waals surface area contributed by atoms with Crippen molar-refractivity contribution < 1.29 is 22.7 Å². The maximum absolute atomic E-state index is 12.8. The number of halogens is 3. The molecule has 2 saturated heterocycles. The summed E-state index contributed by atoms with van der Waals surface area (Å²) in [6.45, 7) is 1.71. The molecule has 3 N–H and O–H groups in total. The second-order valence-corrected chi connectivity index (χ2v) is 8.60. The van der Waals surface area contributed by atoms with Crippen LogP contribution >= 0.6 is 0 Å². The molecule has 0 radical (unpaired) electrons. The predicted molar refractivity (Wildman–Crippen MR) is 117 cm³/mol. The summed E-state index contributed by atoms with van der Waals surface area (Å²) in [7, 11) is 0. The van der Waals surface area contributed by atoms with Crippen LogP contribution in [0.1, 0.15) is 59.8 Å². The van der Waals surface area contributed by atoms with Gasteiger partial charge in [0.2, 0.25) is 0 Å². The molecule has 1 aromatic heterocycles. The molecule has 10 heteroatoms. The van der Waals surface area contributed by atoms with E-state index in [1.807, 2.05) is 0 Å². The molecular weight excluding hydrogens is 435 g/mol. The molecule has 1 amide bonds. The second kappa shape index (κ2) is 10.0. The highest BCUT2D eigenvalue weighted by Crippen LogP contribution is 2.34. The molecule has 3 heterocycles. The Bertz CT molecular complexity index is 946. The fourth-order valence-corrected chi connectivity index (χ4v) is 4.24. The number of nitrogens with one attached hydrogen (secondary N) is 1. The Morgan fingerprint density at radius 1 is 1.12 bits per heavy atom. The van der Waals surface area contributed by atoms with Crippen LogP contribution in [0.4, 0.5) is 19.0 Å². The number of nitrogens with two attached hydrogens (primary N) is 1. The first-order valence-electron chi connectivity index (χ1n) is 11.2. The number of hydrogen-bond donors (Lipinski definition) is 2. The smallest absolute Gasteiger partial charge is 0.368 e. The Morgan fingerprint density at radius 2 is 1.85 bits per heavy atom. The van der Waals surface area contributed by atoms with Gasteiger partial charge in [-0.2, -0.15) is 13.2 Å². The topological polar surface area (TPSA) is 93.4 Å². The normalized spacial score (nSPS) is 22.2. The number of piperidine rings is 1. The van der Waals surface area contributed by atoms with Crippen LogP contribution in [0, 0.1) is 0 Å². The summed E-state index contributed by atoms with van der Waals surface area (Å²) in [4.78, 5) is 22.8. The van der Waals surface area contributed by atoms with Crippen LogP contribution in [0.2, 0.25) is 0 Å². The Balaban J connectivity index is 1.32. The van der Waals surface area contributed by atoms with Gasteiger partial charge in [-0.1, -0.05) is 12.1 Å². The number of aromatic nitrogens is 2. The van der Waals surface area contributed by atoms with Gasteiger partial charge in [-0.15, -0.1) is 0 Å². The second-order valence-electron chi connectivity index (χ2n) is 8.60. The highest BCUT2D eigenvalue weighted by Gasteiger charge is 2.31. The van der Waals surface area contributed by atoms with Crippen LogP contribution in [0.15, 0.2) is 36.7 Å². The molecule has 2 aliphatic heterocycles. The summed E-state index contributed by atoms with van der Waals surface area (Å²) < 4.78 is 44.5. The number of rotatable bonds is 5. The van der Waals surface area contributed by atoms with Crippen molar-refractivity contribution in [2.45, 2.75) is 56.5 Å². The van der Waals surface area contributed by atoms with Crippen molar-refractivity contribution in [1.82, 2.24) is 14.9 Å². The number of likely N-dealkylation sites (tertiary alicyclic amines) is 1. The number of carbonyl (C=O) groups is 1. The van der Waals surface area contributed by atoms with E-state index in [0.717, 1.165) is 49.8 Å². The van der Waals surface area contributed by atoms with Gasteiger partial charge < -0.3 is 20.7 Å². The van der Waals surface area contributed by atoms with E-state index in [1.54, 1.807) is 11.0 Å². The van der Waals surface area contributed by atoms with E-state index in [-0.39, 0.29) is 24.2 Å². The highest BCUT2D eigenvalue weighted by molar-refractivity contribution is 5.93. The molecule has 0 spiro atoms. The summed E-state index contributed by atoms with van der Waals surface area (Å²) in [5.74, 6) is 0.394. The fraction of sp³-hybridized carbons (Fsp3) is 0.522. The van der Waals surface area contributed by atoms with Crippen molar-refractivity contribution in [2.24, 2.45) is 5.73 Å². The minimum atomic E-state index is -4.35. The average Bonchev–Trinajstić information content (AvgIpc) is 2.83. The molecule has 0 saturated carbocycles.